The highest BCUT2D eigenvalue weighted by atomic mass is 35.5. The van der Waals surface area contributed by atoms with Crippen LogP contribution in [0.25, 0.3) is 0 Å². The predicted molar refractivity (Wildman–Crippen MR) is 62.8 cm³/mol. The molecule has 7 heteroatoms. The molecule has 1 aromatic rings. The first-order chi connectivity index (χ1) is 7.63. The predicted octanol–water partition coefficient (Wildman–Crippen LogP) is 1.31. The standard InChI is InChI=1S/C9H12ClN3O2S/c1-6(8-11-2-3-16-8)5-12-9(15)13-7(14)4-10/h2-3,6H,4-5H2,1H3,(H2,12,13,14,15). The Balaban J connectivity index is 2.29. The van der Waals surface area contributed by atoms with E-state index < -0.39 is 11.9 Å². The van der Waals surface area contributed by atoms with E-state index in [1.165, 1.54) is 11.3 Å². The van der Waals surface area contributed by atoms with Crippen molar-refractivity contribution in [1.82, 2.24) is 15.6 Å². The van der Waals surface area contributed by atoms with E-state index in [1.807, 2.05) is 12.3 Å². The van der Waals surface area contributed by atoms with E-state index in [2.05, 4.69) is 15.6 Å². The van der Waals surface area contributed by atoms with Gasteiger partial charge in [-0.25, -0.2) is 9.78 Å². The fourth-order valence-corrected chi connectivity index (χ4v) is 1.78. The molecule has 0 aliphatic rings. The number of halogens is 1. The third-order valence-corrected chi connectivity index (χ3v) is 3.07. The van der Waals surface area contributed by atoms with Gasteiger partial charge in [0.1, 0.15) is 5.88 Å². The number of amides is 3. The van der Waals surface area contributed by atoms with Crippen molar-refractivity contribution in [2.45, 2.75) is 12.8 Å². The van der Waals surface area contributed by atoms with Crippen LogP contribution in [0.4, 0.5) is 4.79 Å². The largest absolute Gasteiger partial charge is 0.337 e. The SMILES string of the molecule is CC(CNC(=O)NC(=O)CCl)c1nccs1. The number of alkyl halides is 1. The smallest absolute Gasteiger partial charge is 0.321 e. The summed E-state index contributed by atoms with van der Waals surface area (Å²) in [6.07, 6.45) is 1.72. The maximum atomic E-state index is 11.2. The molecule has 88 valence electrons. The highest BCUT2D eigenvalue weighted by Crippen LogP contribution is 2.15. The lowest BCUT2D eigenvalue weighted by Gasteiger charge is -2.09. The van der Waals surface area contributed by atoms with Crippen LogP contribution in [-0.2, 0) is 4.79 Å². The Morgan fingerprint density at radius 3 is 2.94 bits per heavy atom. The van der Waals surface area contributed by atoms with Crippen molar-refractivity contribution in [2.75, 3.05) is 12.4 Å². The zero-order chi connectivity index (χ0) is 12.0. The third kappa shape index (κ3) is 4.16. The van der Waals surface area contributed by atoms with Crippen LogP contribution in [0.15, 0.2) is 11.6 Å². The molecule has 1 unspecified atom stereocenters. The van der Waals surface area contributed by atoms with Gasteiger partial charge in [-0.05, 0) is 0 Å². The van der Waals surface area contributed by atoms with Gasteiger partial charge in [0.05, 0.1) is 5.01 Å². The topological polar surface area (TPSA) is 71.1 Å². The lowest BCUT2D eigenvalue weighted by atomic mass is 10.2. The molecular weight excluding hydrogens is 250 g/mol. The fourth-order valence-electron chi connectivity index (χ4n) is 1.02. The number of rotatable bonds is 4. The van der Waals surface area contributed by atoms with Gasteiger partial charge in [0, 0.05) is 24.0 Å². The van der Waals surface area contributed by atoms with Gasteiger partial charge in [-0.15, -0.1) is 22.9 Å². The number of hydrogen-bond donors (Lipinski definition) is 2. The molecule has 0 saturated heterocycles. The van der Waals surface area contributed by atoms with Crippen LogP contribution in [0.2, 0.25) is 0 Å². The highest BCUT2D eigenvalue weighted by Gasteiger charge is 2.11. The van der Waals surface area contributed by atoms with E-state index in [-0.39, 0.29) is 11.8 Å². The lowest BCUT2D eigenvalue weighted by molar-refractivity contribution is -0.117. The summed E-state index contributed by atoms with van der Waals surface area (Å²) in [6, 6.07) is -0.533. The number of urea groups is 1. The Hall–Kier alpha value is -1.14. The molecule has 0 aliphatic carbocycles. The molecule has 0 aromatic carbocycles. The Bertz CT molecular complexity index is 356. The second kappa shape index (κ2) is 6.44. The maximum absolute atomic E-state index is 11.2. The van der Waals surface area contributed by atoms with Crippen molar-refractivity contribution in [3.8, 4) is 0 Å². The van der Waals surface area contributed by atoms with Crippen molar-refractivity contribution in [3.63, 3.8) is 0 Å². The molecule has 0 bridgehead atoms. The minimum absolute atomic E-state index is 0.122. The Morgan fingerprint density at radius 1 is 1.62 bits per heavy atom. The molecule has 3 amide bonds. The summed E-state index contributed by atoms with van der Waals surface area (Å²) >= 11 is 6.77. The summed E-state index contributed by atoms with van der Waals surface area (Å²) in [5.41, 5.74) is 0. The van der Waals surface area contributed by atoms with Crippen LogP contribution in [0, 0.1) is 0 Å². The van der Waals surface area contributed by atoms with E-state index in [0.717, 1.165) is 5.01 Å². The first kappa shape index (κ1) is 12.9. The molecule has 1 heterocycles. The second-order valence-electron chi connectivity index (χ2n) is 3.16. The molecule has 1 atom stereocenters. The Labute approximate surface area is 102 Å². The number of aromatic nitrogens is 1. The van der Waals surface area contributed by atoms with Crippen LogP contribution in [-0.4, -0.2) is 29.3 Å². The molecule has 0 saturated carbocycles. The summed E-state index contributed by atoms with van der Waals surface area (Å²) in [4.78, 5) is 26.1. The quantitative estimate of drug-likeness (QED) is 0.803. The fraction of sp³-hybridized carbons (Fsp3) is 0.444. The van der Waals surface area contributed by atoms with Gasteiger partial charge < -0.3 is 5.32 Å². The minimum atomic E-state index is -0.533. The molecular formula is C9H12ClN3O2S. The van der Waals surface area contributed by atoms with Crippen LogP contribution in [0.5, 0.6) is 0 Å². The zero-order valence-corrected chi connectivity index (χ0v) is 10.3. The van der Waals surface area contributed by atoms with E-state index in [0.29, 0.717) is 6.54 Å². The highest BCUT2D eigenvalue weighted by molar-refractivity contribution is 7.09. The number of nitrogens with one attached hydrogen (secondary N) is 2. The van der Waals surface area contributed by atoms with Gasteiger partial charge in [-0.2, -0.15) is 0 Å². The van der Waals surface area contributed by atoms with E-state index in [9.17, 15) is 9.59 Å². The van der Waals surface area contributed by atoms with Crippen molar-refractivity contribution in [3.05, 3.63) is 16.6 Å². The molecule has 0 fully saturated rings. The van der Waals surface area contributed by atoms with Gasteiger partial charge >= 0.3 is 6.03 Å². The summed E-state index contributed by atoms with van der Waals surface area (Å²) < 4.78 is 0. The number of carbonyl (C=O) groups is 2. The number of nitrogens with zero attached hydrogens (tertiary/aromatic N) is 1. The van der Waals surface area contributed by atoms with Crippen LogP contribution >= 0.6 is 22.9 Å². The van der Waals surface area contributed by atoms with Gasteiger partial charge in [-0.1, -0.05) is 6.92 Å². The van der Waals surface area contributed by atoms with Crippen molar-refractivity contribution >= 4 is 34.9 Å². The molecule has 16 heavy (non-hydrogen) atoms. The average Bonchev–Trinajstić information content (AvgIpc) is 2.79. The first-order valence-electron chi connectivity index (χ1n) is 4.66. The summed E-state index contributed by atoms with van der Waals surface area (Å²) in [7, 11) is 0. The Kier molecular flexibility index (Phi) is 5.21. The monoisotopic (exact) mass is 261 g/mol. The molecule has 1 rings (SSSR count). The lowest BCUT2D eigenvalue weighted by Crippen LogP contribution is -2.41. The van der Waals surface area contributed by atoms with E-state index in [4.69, 9.17) is 11.6 Å². The second-order valence-corrected chi connectivity index (χ2v) is 4.36. The van der Waals surface area contributed by atoms with E-state index >= 15 is 0 Å². The van der Waals surface area contributed by atoms with Crippen molar-refractivity contribution < 1.29 is 9.59 Å². The summed E-state index contributed by atoms with van der Waals surface area (Å²) in [5, 5.41) is 7.49. The minimum Gasteiger partial charge on any atom is -0.337 e. The van der Waals surface area contributed by atoms with Gasteiger partial charge in [0.15, 0.2) is 0 Å². The molecule has 0 radical (unpaired) electrons. The number of imide groups is 1. The maximum Gasteiger partial charge on any atom is 0.321 e. The van der Waals surface area contributed by atoms with Gasteiger partial charge in [-0.3, -0.25) is 10.1 Å². The molecule has 5 nitrogen and oxygen atoms in total. The average molecular weight is 262 g/mol. The molecule has 0 spiro atoms. The van der Waals surface area contributed by atoms with Crippen LogP contribution in [0.3, 0.4) is 0 Å². The third-order valence-electron chi connectivity index (χ3n) is 1.82. The molecule has 2 N–H and O–H groups in total. The summed E-state index contributed by atoms with van der Waals surface area (Å²) in [6.45, 7) is 2.37. The molecule has 1 aromatic heterocycles. The van der Waals surface area contributed by atoms with Crippen LogP contribution < -0.4 is 10.6 Å². The van der Waals surface area contributed by atoms with Gasteiger partial charge in [0.2, 0.25) is 5.91 Å². The van der Waals surface area contributed by atoms with Crippen molar-refractivity contribution in [2.24, 2.45) is 0 Å². The van der Waals surface area contributed by atoms with Crippen LogP contribution in [0.1, 0.15) is 17.8 Å². The molecule has 0 aliphatic heterocycles. The number of carbonyl (C=O) groups excluding carboxylic acids is 2. The Morgan fingerprint density at radius 2 is 2.38 bits per heavy atom. The van der Waals surface area contributed by atoms with Gasteiger partial charge in [0.25, 0.3) is 0 Å². The van der Waals surface area contributed by atoms with E-state index in [1.54, 1.807) is 6.20 Å². The number of thiazole rings is 1. The van der Waals surface area contributed by atoms with Crippen molar-refractivity contribution in [1.29, 1.82) is 0 Å². The normalized spacial score (nSPS) is 11.9. The summed E-state index contributed by atoms with van der Waals surface area (Å²) in [5.74, 6) is -0.618. The number of hydrogen-bond acceptors (Lipinski definition) is 4. The first-order valence-corrected chi connectivity index (χ1v) is 6.08. The zero-order valence-electron chi connectivity index (χ0n) is 8.70.